The van der Waals surface area contributed by atoms with Crippen molar-refractivity contribution in [2.75, 3.05) is 0 Å². The molecule has 0 N–H and O–H groups in total. The topological polar surface area (TPSA) is 88.1 Å². The standard InChI is InChI=1S/C28H24N4O4/c1-2-30-27(34)23-15-9-10-16-24(23)31(28(30)35)18-25(33)36-19-21-17-32(22-13-7-4-8-14-22)29-26(21)20-11-5-3-6-12-20/h3-17H,2,18-19H2,1H3. The fraction of sp³-hybridized carbons (Fsp3) is 0.143. The molecular weight excluding hydrogens is 456 g/mol. The van der Waals surface area contributed by atoms with E-state index in [1.807, 2.05) is 66.9 Å². The van der Waals surface area contributed by atoms with Gasteiger partial charge in [0.15, 0.2) is 0 Å². The molecule has 0 bridgehead atoms. The van der Waals surface area contributed by atoms with Crippen molar-refractivity contribution in [3.63, 3.8) is 0 Å². The fourth-order valence-electron chi connectivity index (χ4n) is 4.20. The van der Waals surface area contributed by atoms with Gasteiger partial charge in [0.1, 0.15) is 13.2 Å². The summed E-state index contributed by atoms with van der Waals surface area (Å²) in [5, 5.41) is 5.11. The molecule has 0 unspecified atom stereocenters. The van der Waals surface area contributed by atoms with Crippen LogP contribution in [0.25, 0.3) is 27.8 Å². The van der Waals surface area contributed by atoms with Crippen molar-refractivity contribution in [1.82, 2.24) is 18.9 Å². The number of esters is 1. The molecule has 8 heteroatoms. The number of nitrogens with zero attached hydrogens (tertiary/aromatic N) is 4. The van der Waals surface area contributed by atoms with E-state index >= 15 is 0 Å². The average molecular weight is 481 g/mol. The van der Waals surface area contributed by atoms with E-state index in [4.69, 9.17) is 9.84 Å². The number of carbonyl (C=O) groups excluding carboxylic acids is 1. The predicted molar refractivity (Wildman–Crippen MR) is 137 cm³/mol. The minimum Gasteiger partial charge on any atom is -0.459 e. The first kappa shape index (κ1) is 23.0. The second-order valence-electron chi connectivity index (χ2n) is 8.25. The second-order valence-corrected chi connectivity index (χ2v) is 8.25. The molecular formula is C28H24N4O4. The molecule has 0 radical (unpaired) electrons. The first-order chi connectivity index (χ1) is 17.6. The summed E-state index contributed by atoms with van der Waals surface area (Å²) < 4.78 is 9.77. The molecule has 0 aliphatic heterocycles. The zero-order valence-corrected chi connectivity index (χ0v) is 19.7. The molecule has 0 saturated carbocycles. The van der Waals surface area contributed by atoms with E-state index < -0.39 is 11.7 Å². The van der Waals surface area contributed by atoms with Gasteiger partial charge in [0.2, 0.25) is 0 Å². The van der Waals surface area contributed by atoms with Gasteiger partial charge in [0.05, 0.1) is 22.3 Å². The number of hydrogen-bond donors (Lipinski definition) is 0. The molecule has 8 nitrogen and oxygen atoms in total. The lowest BCUT2D eigenvalue weighted by Crippen LogP contribution is -2.40. The van der Waals surface area contributed by atoms with Crippen molar-refractivity contribution in [2.24, 2.45) is 0 Å². The molecule has 0 saturated heterocycles. The quantitative estimate of drug-likeness (QED) is 0.331. The van der Waals surface area contributed by atoms with Gasteiger partial charge in [-0.1, -0.05) is 60.7 Å². The summed E-state index contributed by atoms with van der Waals surface area (Å²) in [6.45, 7) is 1.59. The summed E-state index contributed by atoms with van der Waals surface area (Å²) in [5.41, 5.74) is 2.70. The Hall–Kier alpha value is -4.72. The molecule has 0 spiro atoms. The number of hydrogen-bond acceptors (Lipinski definition) is 5. The van der Waals surface area contributed by atoms with Gasteiger partial charge in [-0.3, -0.25) is 18.7 Å². The van der Waals surface area contributed by atoms with Crippen LogP contribution in [0.5, 0.6) is 0 Å². The zero-order chi connectivity index (χ0) is 25.1. The van der Waals surface area contributed by atoms with E-state index in [1.54, 1.807) is 35.9 Å². The maximum absolute atomic E-state index is 12.9. The Labute approximate surface area is 206 Å². The second kappa shape index (κ2) is 9.87. The van der Waals surface area contributed by atoms with E-state index in [0.717, 1.165) is 21.4 Å². The van der Waals surface area contributed by atoms with Gasteiger partial charge in [-0.2, -0.15) is 5.10 Å². The summed E-state index contributed by atoms with van der Waals surface area (Å²) in [6, 6.07) is 26.1. The van der Waals surface area contributed by atoms with Crippen LogP contribution in [0.3, 0.4) is 0 Å². The van der Waals surface area contributed by atoms with Crippen molar-refractivity contribution < 1.29 is 9.53 Å². The molecule has 0 aliphatic carbocycles. The van der Waals surface area contributed by atoms with Crippen LogP contribution in [0, 0.1) is 0 Å². The van der Waals surface area contributed by atoms with Crippen LogP contribution in [0.15, 0.2) is 101 Å². The maximum Gasteiger partial charge on any atom is 0.332 e. The lowest BCUT2D eigenvalue weighted by atomic mass is 10.1. The molecule has 2 heterocycles. The molecule has 0 fully saturated rings. The van der Waals surface area contributed by atoms with E-state index in [0.29, 0.717) is 16.6 Å². The Morgan fingerprint density at radius 2 is 1.53 bits per heavy atom. The van der Waals surface area contributed by atoms with Crippen LogP contribution in [0.1, 0.15) is 12.5 Å². The highest BCUT2D eigenvalue weighted by Crippen LogP contribution is 2.24. The average Bonchev–Trinajstić information content (AvgIpc) is 3.36. The van der Waals surface area contributed by atoms with E-state index in [2.05, 4.69) is 0 Å². The van der Waals surface area contributed by atoms with Gasteiger partial charge >= 0.3 is 11.7 Å². The highest BCUT2D eigenvalue weighted by Gasteiger charge is 2.17. The van der Waals surface area contributed by atoms with Gasteiger partial charge in [-0.15, -0.1) is 0 Å². The van der Waals surface area contributed by atoms with E-state index in [-0.39, 0.29) is 25.3 Å². The fourth-order valence-corrected chi connectivity index (χ4v) is 4.20. The molecule has 3 aromatic carbocycles. The van der Waals surface area contributed by atoms with Crippen LogP contribution in [-0.4, -0.2) is 24.9 Å². The summed E-state index contributed by atoms with van der Waals surface area (Å²) in [6.07, 6.45) is 1.84. The molecule has 0 amide bonds. The number of para-hydroxylation sites is 2. The number of benzene rings is 3. The van der Waals surface area contributed by atoms with E-state index in [1.165, 1.54) is 4.57 Å². The highest BCUT2D eigenvalue weighted by atomic mass is 16.5. The Kier molecular flexibility index (Phi) is 6.32. The minimum absolute atomic E-state index is 0.0179. The van der Waals surface area contributed by atoms with Crippen LogP contribution >= 0.6 is 0 Å². The number of aromatic nitrogens is 4. The zero-order valence-electron chi connectivity index (χ0n) is 19.7. The highest BCUT2D eigenvalue weighted by molar-refractivity contribution is 5.80. The smallest absolute Gasteiger partial charge is 0.332 e. The third kappa shape index (κ3) is 4.36. The summed E-state index contributed by atoms with van der Waals surface area (Å²) >= 11 is 0. The third-order valence-electron chi connectivity index (χ3n) is 5.98. The SMILES string of the molecule is CCn1c(=O)c2ccccc2n(CC(=O)OCc2cn(-c3ccccc3)nc2-c2ccccc2)c1=O. The number of rotatable bonds is 7. The number of fused-ring (bicyclic) bond motifs is 1. The molecule has 5 rings (SSSR count). The first-order valence-corrected chi connectivity index (χ1v) is 11.6. The van der Waals surface area contributed by atoms with Crippen LogP contribution in [0.2, 0.25) is 0 Å². The number of ether oxygens (including phenoxy) is 1. The van der Waals surface area contributed by atoms with Crippen molar-refractivity contribution in [1.29, 1.82) is 0 Å². The molecule has 0 atom stereocenters. The summed E-state index contributed by atoms with van der Waals surface area (Å²) in [5.74, 6) is -0.588. The molecule has 0 aliphatic rings. The Bertz CT molecular complexity index is 1650. The minimum atomic E-state index is -0.588. The van der Waals surface area contributed by atoms with Gasteiger partial charge in [-0.25, -0.2) is 9.48 Å². The van der Waals surface area contributed by atoms with Crippen LogP contribution < -0.4 is 11.2 Å². The van der Waals surface area contributed by atoms with Crippen LogP contribution in [0.4, 0.5) is 0 Å². The monoisotopic (exact) mass is 480 g/mol. The van der Waals surface area contributed by atoms with Gasteiger partial charge in [-0.05, 0) is 31.2 Å². The number of carbonyl (C=O) groups is 1. The van der Waals surface area contributed by atoms with Crippen molar-refractivity contribution in [2.45, 2.75) is 26.6 Å². The Morgan fingerprint density at radius 1 is 0.861 bits per heavy atom. The molecule has 2 aromatic heterocycles. The van der Waals surface area contributed by atoms with Gasteiger partial charge in [0.25, 0.3) is 5.56 Å². The van der Waals surface area contributed by atoms with Gasteiger partial charge < -0.3 is 4.74 Å². The van der Waals surface area contributed by atoms with Crippen molar-refractivity contribution >= 4 is 16.9 Å². The van der Waals surface area contributed by atoms with Crippen LogP contribution in [-0.2, 0) is 29.2 Å². The molecule has 180 valence electrons. The largest absolute Gasteiger partial charge is 0.459 e. The predicted octanol–water partition coefficient (Wildman–Crippen LogP) is 3.78. The first-order valence-electron chi connectivity index (χ1n) is 11.6. The Morgan fingerprint density at radius 3 is 2.25 bits per heavy atom. The summed E-state index contributed by atoms with van der Waals surface area (Å²) in [4.78, 5) is 38.5. The molecule has 5 aromatic rings. The van der Waals surface area contributed by atoms with Crippen molar-refractivity contribution in [3.05, 3.63) is 118 Å². The van der Waals surface area contributed by atoms with Crippen molar-refractivity contribution in [3.8, 4) is 16.9 Å². The Balaban J connectivity index is 1.44. The van der Waals surface area contributed by atoms with Gasteiger partial charge in [0, 0.05) is 23.9 Å². The third-order valence-corrected chi connectivity index (χ3v) is 5.98. The lowest BCUT2D eigenvalue weighted by Gasteiger charge is -2.13. The molecule has 36 heavy (non-hydrogen) atoms. The maximum atomic E-state index is 12.9. The normalized spacial score (nSPS) is 11.0. The lowest BCUT2D eigenvalue weighted by molar-refractivity contribution is -0.145. The summed E-state index contributed by atoms with van der Waals surface area (Å²) in [7, 11) is 0. The van der Waals surface area contributed by atoms with E-state index in [9.17, 15) is 14.4 Å².